The second-order valence-corrected chi connectivity index (χ2v) is 3.09. The monoisotopic (exact) mass is 166 g/mol. The van der Waals surface area contributed by atoms with Crippen LogP contribution >= 0.6 is 11.3 Å². The summed E-state index contributed by atoms with van der Waals surface area (Å²) in [5.74, 6) is 0.0868. The summed E-state index contributed by atoms with van der Waals surface area (Å²) in [5.41, 5.74) is 8.11. The van der Waals surface area contributed by atoms with Gasteiger partial charge in [-0.2, -0.15) is 0 Å². The number of hydrogen-bond acceptors (Lipinski definition) is 4. The summed E-state index contributed by atoms with van der Waals surface area (Å²) in [6, 6.07) is 3.53. The molecule has 4 heteroatoms. The zero-order valence-corrected chi connectivity index (χ0v) is 6.43. The van der Waals surface area contributed by atoms with Crippen molar-refractivity contribution in [3.63, 3.8) is 0 Å². The van der Waals surface area contributed by atoms with Gasteiger partial charge in [0.1, 0.15) is 5.52 Å². The van der Waals surface area contributed by atoms with E-state index in [-0.39, 0.29) is 5.75 Å². The molecule has 0 radical (unpaired) electrons. The number of thiazole rings is 1. The first-order valence-electron chi connectivity index (χ1n) is 3.09. The van der Waals surface area contributed by atoms with Crippen molar-refractivity contribution in [3.05, 3.63) is 17.6 Å². The SMILES string of the molecule is Nc1ccc2scnc2c1O. The molecule has 2 rings (SSSR count). The number of fused-ring (bicyclic) bond motifs is 1. The summed E-state index contributed by atoms with van der Waals surface area (Å²) in [6.07, 6.45) is 0. The van der Waals surface area contributed by atoms with Crippen LogP contribution in [0.5, 0.6) is 5.75 Å². The fraction of sp³-hybridized carbons (Fsp3) is 0. The summed E-state index contributed by atoms with van der Waals surface area (Å²) in [4.78, 5) is 3.97. The molecule has 0 aliphatic heterocycles. The van der Waals surface area contributed by atoms with Crippen LogP contribution in [0.25, 0.3) is 10.2 Å². The highest BCUT2D eigenvalue weighted by Crippen LogP contribution is 2.31. The molecule has 0 bridgehead atoms. The van der Waals surface area contributed by atoms with Crippen molar-refractivity contribution >= 4 is 27.2 Å². The highest BCUT2D eigenvalue weighted by Gasteiger charge is 2.04. The van der Waals surface area contributed by atoms with Crippen LogP contribution < -0.4 is 5.73 Å². The van der Waals surface area contributed by atoms with E-state index in [0.717, 1.165) is 4.70 Å². The van der Waals surface area contributed by atoms with Gasteiger partial charge in [-0.15, -0.1) is 11.3 Å². The zero-order valence-electron chi connectivity index (χ0n) is 5.61. The molecule has 0 saturated carbocycles. The van der Waals surface area contributed by atoms with E-state index in [1.54, 1.807) is 11.6 Å². The normalized spacial score (nSPS) is 10.5. The van der Waals surface area contributed by atoms with Gasteiger partial charge in [0.2, 0.25) is 0 Å². The van der Waals surface area contributed by atoms with Gasteiger partial charge in [-0.05, 0) is 12.1 Å². The third-order valence-corrected chi connectivity index (χ3v) is 2.30. The summed E-state index contributed by atoms with van der Waals surface area (Å²) in [6.45, 7) is 0. The van der Waals surface area contributed by atoms with Crippen LogP contribution in [0.2, 0.25) is 0 Å². The molecule has 0 fully saturated rings. The number of aromatic nitrogens is 1. The first-order valence-corrected chi connectivity index (χ1v) is 3.97. The van der Waals surface area contributed by atoms with E-state index in [1.807, 2.05) is 6.07 Å². The summed E-state index contributed by atoms with van der Waals surface area (Å²) in [7, 11) is 0. The minimum atomic E-state index is 0.0868. The number of hydrogen-bond donors (Lipinski definition) is 2. The maximum absolute atomic E-state index is 9.37. The second kappa shape index (κ2) is 2.10. The van der Waals surface area contributed by atoms with Gasteiger partial charge in [0.15, 0.2) is 5.75 Å². The van der Waals surface area contributed by atoms with Crippen LogP contribution in [0.15, 0.2) is 17.6 Å². The Balaban J connectivity index is 2.93. The third kappa shape index (κ3) is 0.832. The average Bonchev–Trinajstić information content (AvgIpc) is 2.45. The molecule has 0 aliphatic carbocycles. The first kappa shape index (κ1) is 6.42. The predicted molar refractivity (Wildman–Crippen MR) is 45.7 cm³/mol. The Hall–Kier alpha value is -1.29. The smallest absolute Gasteiger partial charge is 0.165 e. The summed E-state index contributed by atoms with van der Waals surface area (Å²) >= 11 is 1.48. The van der Waals surface area contributed by atoms with Gasteiger partial charge in [-0.3, -0.25) is 0 Å². The summed E-state index contributed by atoms with van der Waals surface area (Å²) in [5, 5.41) is 9.37. The standard InChI is InChI=1S/C7H6N2OS/c8-4-1-2-5-6(7(4)10)9-3-11-5/h1-3,10H,8H2. The van der Waals surface area contributed by atoms with Crippen molar-refractivity contribution in [1.29, 1.82) is 0 Å². The number of nitrogens with two attached hydrogens (primary N) is 1. The van der Waals surface area contributed by atoms with E-state index in [2.05, 4.69) is 4.98 Å². The molecule has 1 aromatic heterocycles. The van der Waals surface area contributed by atoms with Gasteiger partial charge in [-0.25, -0.2) is 4.98 Å². The lowest BCUT2D eigenvalue weighted by molar-refractivity contribution is 0.483. The van der Waals surface area contributed by atoms with Gasteiger partial charge < -0.3 is 10.8 Å². The van der Waals surface area contributed by atoms with Crippen molar-refractivity contribution in [2.45, 2.75) is 0 Å². The highest BCUT2D eigenvalue weighted by atomic mass is 32.1. The lowest BCUT2D eigenvalue weighted by Gasteiger charge is -1.96. The number of anilines is 1. The molecule has 0 amide bonds. The maximum Gasteiger partial charge on any atom is 0.165 e. The van der Waals surface area contributed by atoms with Crippen LogP contribution in [0, 0.1) is 0 Å². The molecular formula is C7H6N2OS. The lowest BCUT2D eigenvalue weighted by atomic mass is 10.3. The third-order valence-electron chi connectivity index (χ3n) is 1.51. The number of nitrogens with zero attached hydrogens (tertiary/aromatic N) is 1. The van der Waals surface area contributed by atoms with Gasteiger partial charge in [0, 0.05) is 0 Å². The lowest BCUT2D eigenvalue weighted by Crippen LogP contribution is -1.84. The Kier molecular flexibility index (Phi) is 1.22. The molecule has 11 heavy (non-hydrogen) atoms. The molecule has 3 nitrogen and oxygen atoms in total. The van der Waals surface area contributed by atoms with Crippen molar-refractivity contribution in [3.8, 4) is 5.75 Å². The van der Waals surface area contributed by atoms with Crippen LogP contribution in [0.1, 0.15) is 0 Å². The first-order chi connectivity index (χ1) is 5.29. The van der Waals surface area contributed by atoms with Crippen LogP contribution in [0.3, 0.4) is 0 Å². The van der Waals surface area contributed by atoms with Crippen molar-refractivity contribution in [2.75, 3.05) is 5.73 Å². The molecule has 1 heterocycles. The Morgan fingerprint density at radius 2 is 2.27 bits per heavy atom. The zero-order chi connectivity index (χ0) is 7.84. The Morgan fingerprint density at radius 3 is 3.09 bits per heavy atom. The molecule has 0 atom stereocenters. The van der Waals surface area contributed by atoms with Crippen molar-refractivity contribution in [2.24, 2.45) is 0 Å². The number of phenolic OH excluding ortho intramolecular Hbond substituents is 1. The fourth-order valence-electron chi connectivity index (χ4n) is 0.932. The topological polar surface area (TPSA) is 59.1 Å². The number of phenols is 1. The minimum Gasteiger partial charge on any atom is -0.504 e. The molecule has 0 aliphatic rings. The molecule has 1 aromatic carbocycles. The molecular weight excluding hydrogens is 160 g/mol. The van der Waals surface area contributed by atoms with Crippen LogP contribution in [-0.2, 0) is 0 Å². The average molecular weight is 166 g/mol. The van der Waals surface area contributed by atoms with E-state index < -0.39 is 0 Å². The highest BCUT2D eigenvalue weighted by molar-refractivity contribution is 7.16. The Labute approximate surface area is 67.1 Å². The second-order valence-electron chi connectivity index (χ2n) is 2.20. The van der Waals surface area contributed by atoms with Crippen molar-refractivity contribution in [1.82, 2.24) is 4.98 Å². The summed E-state index contributed by atoms with van der Waals surface area (Å²) < 4.78 is 0.955. The number of aromatic hydroxyl groups is 1. The number of benzene rings is 1. The molecule has 0 unspecified atom stereocenters. The van der Waals surface area contributed by atoms with E-state index in [4.69, 9.17) is 5.73 Å². The van der Waals surface area contributed by atoms with E-state index in [1.165, 1.54) is 11.3 Å². The molecule has 0 saturated heterocycles. The fourth-order valence-corrected chi connectivity index (χ4v) is 1.61. The quantitative estimate of drug-likeness (QED) is 0.461. The Morgan fingerprint density at radius 1 is 1.45 bits per heavy atom. The van der Waals surface area contributed by atoms with Gasteiger partial charge >= 0.3 is 0 Å². The van der Waals surface area contributed by atoms with Gasteiger partial charge in [-0.1, -0.05) is 0 Å². The van der Waals surface area contributed by atoms with Crippen LogP contribution in [-0.4, -0.2) is 10.1 Å². The molecule has 2 aromatic rings. The molecule has 0 spiro atoms. The Bertz CT molecular complexity index is 396. The van der Waals surface area contributed by atoms with Gasteiger partial charge in [0.05, 0.1) is 15.9 Å². The van der Waals surface area contributed by atoms with Crippen LogP contribution in [0.4, 0.5) is 5.69 Å². The largest absolute Gasteiger partial charge is 0.504 e. The minimum absolute atomic E-state index is 0.0868. The van der Waals surface area contributed by atoms with E-state index >= 15 is 0 Å². The van der Waals surface area contributed by atoms with E-state index in [9.17, 15) is 5.11 Å². The predicted octanol–water partition coefficient (Wildman–Crippen LogP) is 1.58. The molecule has 56 valence electrons. The van der Waals surface area contributed by atoms with Gasteiger partial charge in [0.25, 0.3) is 0 Å². The van der Waals surface area contributed by atoms with Crippen molar-refractivity contribution < 1.29 is 5.11 Å². The molecule has 3 N–H and O–H groups in total. The number of nitrogen functional groups attached to an aromatic ring is 1. The number of rotatable bonds is 0. The van der Waals surface area contributed by atoms with E-state index in [0.29, 0.717) is 11.2 Å². The maximum atomic E-state index is 9.37.